The number of fused-ring (bicyclic) bond motifs is 4. The van der Waals surface area contributed by atoms with Crippen molar-refractivity contribution >= 4 is 43.4 Å². The average Bonchev–Trinajstić information content (AvgIpc) is 3.44. The van der Waals surface area contributed by atoms with Crippen molar-refractivity contribution in [3.8, 4) is 33.7 Å². The van der Waals surface area contributed by atoms with Gasteiger partial charge in [-0.2, -0.15) is 0 Å². The molecule has 0 radical (unpaired) electrons. The molecule has 0 aliphatic rings. The molecule has 3 nitrogen and oxygen atoms in total. The summed E-state index contributed by atoms with van der Waals surface area (Å²) in [6.07, 6.45) is 3.82. The molecule has 8 rings (SSSR count). The van der Waals surface area contributed by atoms with Crippen LogP contribution in [-0.2, 0) is 0 Å². The molecule has 0 aliphatic heterocycles. The van der Waals surface area contributed by atoms with Crippen molar-refractivity contribution in [1.82, 2.24) is 9.97 Å². The van der Waals surface area contributed by atoms with Crippen molar-refractivity contribution in [2.24, 2.45) is 0 Å². The van der Waals surface area contributed by atoms with Crippen molar-refractivity contribution in [1.29, 1.82) is 0 Å². The van der Waals surface area contributed by atoms with E-state index in [1.54, 1.807) is 0 Å². The summed E-state index contributed by atoms with van der Waals surface area (Å²) in [6, 6.07) is 42.5. The maximum Gasteiger partial charge on any atom is 0.227 e. The predicted octanol–water partition coefficient (Wildman–Crippen LogP) is 9.68. The molecular formula is C36H22N2O. The second-order valence-electron chi connectivity index (χ2n) is 9.81. The quantitative estimate of drug-likeness (QED) is 0.228. The fraction of sp³-hybridized carbons (Fsp3) is 0. The van der Waals surface area contributed by atoms with Crippen LogP contribution >= 0.6 is 0 Å². The molecule has 0 amide bonds. The summed E-state index contributed by atoms with van der Waals surface area (Å²) >= 11 is 0. The lowest BCUT2D eigenvalue weighted by Gasteiger charge is -2.18. The molecule has 0 bridgehead atoms. The summed E-state index contributed by atoms with van der Waals surface area (Å²) in [5.41, 5.74) is 7.50. The van der Waals surface area contributed by atoms with Gasteiger partial charge < -0.3 is 4.42 Å². The van der Waals surface area contributed by atoms with Crippen molar-refractivity contribution < 1.29 is 4.42 Å². The maximum absolute atomic E-state index is 6.02. The highest BCUT2D eigenvalue weighted by atomic mass is 16.3. The fourth-order valence-corrected chi connectivity index (χ4v) is 5.85. The topological polar surface area (TPSA) is 38.9 Å². The van der Waals surface area contributed by atoms with Crippen molar-refractivity contribution in [3.63, 3.8) is 0 Å². The Balaban J connectivity index is 1.38. The van der Waals surface area contributed by atoms with Gasteiger partial charge in [0.1, 0.15) is 5.52 Å². The Kier molecular flexibility index (Phi) is 4.82. The van der Waals surface area contributed by atoms with E-state index in [9.17, 15) is 0 Å². The molecule has 2 aromatic heterocycles. The van der Waals surface area contributed by atoms with Crippen LogP contribution in [0.15, 0.2) is 138 Å². The van der Waals surface area contributed by atoms with Crippen molar-refractivity contribution in [3.05, 3.63) is 134 Å². The van der Waals surface area contributed by atoms with E-state index < -0.39 is 0 Å². The zero-order valence-corrected chi connectivity index (χ0v) is 21.0. The van der Waals surface area contributed by atoms with Gasteiger partial charge in [-0.15, -0.1) is 0 Å². The summed E-state index contributed by atoms with van der Waals surface area (Å²) in [7, 11) is 0. The highest BCUT2D eigenvalue weighted by Crippen LogP contribution is 2.45. The molecule has 0 saturated carbocycles. The van der Waals surface area contributed by atoms with Crippen LogP contribution in [0.3, 0.4) is 0 Å². The zero-order chi connectivity index (χ0) is 25.8. The molecule has 0 saturated heterocycles. The first kappa shape index (κ1) is 21.8. The van der Waals surface area contributed by atoms with Gasteiger partial charge in [-0.1, -0.05) is 91.0 Å². The van der Waals surface area contributed by atoms with E-state index in [2.05, 4.69) is 107 Å². The van der Waals surface area contributed by atoms with E-state index in [-0.39, 0.29) is 0 Å². The third-order valence-electron chi connectivity index (χ3n) is 7.60. The first-order valence-corrected chi connectivity index (χ1v) is 13.1. The lowest BCUT2D eigenvalue weighted by molar-refractivity contribution is 0.620. The molecule has 3 heteroatoms. The van der Waals surface area contributed by atoms with Gasteiger partial charge in [0.25, 0.3) is 0 Å². The van der Waals surface area contributed by atoms with Gasteiger partial charge in [-0.05, 0) is 79.5 Å². The van der Waals surface area contributed by atoms with Gasteiger partial charge in [0.2, 0.25) is 5.89 Å². The number of rotatable bonds is 3. The van der Waals surface area contributed by atoms with Gasteiger partial charge >= 0.3 is 0 Å². The third kappa shape index (κ3) is 3.44. The number of hydrogen-bond acceptors (Lipinski definition) is 3. The Hall–Kier alpha value is -5.28. The summed E-state index contributed by atoms with van der Waals surface area (Å²) in [6.45, 7) is 0. The number of oxazole rings is 1. The highest BCUT2D eigenvalue weighted by Gasteiger charge is 2.18. The number of benzene rings is 6. The summed E-state index contributed by atoms with van der Waals surface area (Å²) < 4.78 is 6.02. The molecular weight excluding hydrogens is 476 g/mol. The first-order chi connectivity index (χ1) is 19.3. The second-order valence-corrected chi connectivity index (χ2v) is 9.81. The molecule has 0 atom stereocenters. The molecule has 0 unspecified atom stereocenters. The van der Waals surface area contributed by atoms with Crippen LogP contribution in [0.25, 0.3) is 77.1 Å². The largest absolute Gasteiger partial charge is 0.436 e. The Labute approximate surface area is 225 Å². The Morgan fingerprint density at radius 2 is 1.13 bits per heavy atom. The molecule has 2 heterocycles. The predicted molar refractivity (Wildman–Crippen MR) is 161 cm³/mol. The van der Waals surface area contributed by atoms with E-state index in [1.165, 1.54) is 43.6 Å². The smallest absolute Gasteiger partial charge is 0.227 e. The van der Waals surface area contributed by atoms with Gasteiger partial charge in [0, 0.05) is 23.3 Å². The standard InChI is InChI=1S/C36H22N2O/c1-3-11-30-28(9-1)34(23-16-18-24(19-17-23)36-38-32-14-5-6-15-33(32)39-36)29-10-2-4-12-31(29)35(30)27-13-7-8-25-22-37-21-20-26(25)27/h1-22H. The Bertz CT molecular complexity index is 2080. The lowest BCUT2D eigenvalue weighted by Crippen LogP contribution is -1.91. The van der Waals surface area contributed by atoms with Crippen LogP contribution in [0.2, 0.25) is 0 Å². The van der Waals surface area contributed by atoms with Gasteiger partial charge in [0.15, 0.2) is 5.58 Å². The first-order valence-electron chi connectivity index (χ1n) is 13.1. The monoisotopic (exact) mass is 498 g/mol. The van der Waals surface area contributed by atoms with Crippen molar-refractivity contribution in [2.45, 2.75) is 0 Å². The third-order valence-corrected chi connectivity index (χ3v) is 7.60. The lowest BCUT2D eigenvalue weighted by atomic mass is 9.85. The Morgan fingerprint density at radius 1 is 0.487 bits per heavy atom. The van der Waals surface area contributed by atoms with Crippen LogP contribution in [0.5, 0.6) is 0 Å². The molecule has 0 aliphatic carbocycles. The molecule has 0 fully saturated rings. The van der Waals surface area contributed by atoms with E-state index in [0.717, 1.165) is 27.6 Å². The molecule has 8 aromatic rings. The molecule has 0 N–H and O–H groups in total. The number of para-hydroxylation sites is 2. The molecule has 39 heavy (non-hydrogen) atoms. The number of pyridine rings is 1. The molecule has 0 spiro atoms. The SMILES string of the molecule is c1cc(-c2c3ccccc3c(-c3ccc(-c4nc5ccccc5o4)cc3)c3ccccc23)c2ccncc2c1. The summed E-state index contributed by atoms with van der Waals surface area (Å²) in [5, 5.41) is 7.27. The normalized spacial score (nSPS) is 11.6. The zero-order valence-electron chi connectivity index (χ0n) is 21.0. The molecule has 182 valence electrons. The van der Waals surface area contributed by atoms with Gasteiger partial charge in [-0.3, -0.25) is 4.98 Å². The van der Waals surface area contributed by atoms with Crippen LogP contribution < -0.4 is 0 Å². The fourth-order valence-electron chi connectivity index (χ4n) is 5.85. The number of nitrogens with zero attached hydrogens (tertiary/aromatic N) is 2. The minimum absolute atomic E-state index is 0.637. The van der Waals surface area contributed by atoms with Crippen LogP contribution in [0.1, 0.15) is 0 Å². The highest BCUT2D eigenvalue weighted by molar-refractivity contribution is 6.23. The average molecular weight is 499 g/mol. The van der Waals surface area contributed by atoms with Gasteiger partial charge in [0.05, 0.1) is 0 Å². The van der Waals surface area contributed by atoms with Crippen LogP contribution in [0, 0.1) is 0 Å². The van der Waals surface area contributed by atoms with Crippen molar-refractivity contribution in [2.75, 3.05) is 0 Å². The number of aromatic nitrogens is 2. The summed E-state index contributed by atoms with van der Waals surface area (Å²) in [4.78, 5) is 9.04. The number of hydrogen-bond donors (Lipinski definition) is 0. The summed E-state index contributed by atoms with van der Waals surface area (Å²) in [5.74, 6) is 0.637. The van der Waals surface area contributed by atoms with E-state index in [0.29, 0.717) is 5.89 Å². The Morgan fingerprint density at radius 3 is 1.85 bits per heavy atom. The van der Waals surface area contributed by atoms with E-state index in [1.807, 2.05) is 36.7 Å². The van der Waals surface area contributed by atoms with E-state index in [4.69, 9.17) is 4.42 Å². The minimum atomic E-state index is 0.637. The second kappa shape index (κ2) is 8.64. The van der Waals surface area contributed by atoms with Crippen LogP contribution in [0.4, 0.5) is 0 Å². The maximum atomic E-state index is 6.02. The minimum Gasteiger partial charge on any atom is -0.436 e. The van der Waals surface area contributed by atoms with Crippen LogP contribution in [-0.4, -0.2) is 9.97 Å². The van der Waals surface area contributed by atoms with E-state index >= 15 is 0 Å². The molecule has 6 aromatic carbocycles. The van der Waals surface area contributed by atoms with Gasteiger partial charge in [-0.25, -0.2) is 4.98 Å².